The molecule has 0 fully saturated rings. The molecule has 0 saturated heterocycles. The van der Waals surface area contributed by atoms with Crippen LogP contribution >= 0.6 is 23.4 Å². The van der Waals surface area contributed by atoms with Gasteiger partial charge in [-0.2, -0.15) is 0 Å². The van der Waals surface area contributed by atoms with Crippen LogP contribution in [0.3, 0.4) is 0 Å². The van der Waals surface area contributed by atoms with E-state index in [2.05, 4.69) is 15.5 Å². The van der Waals surface area contributed by atoms with Crippen molar-refractivity contribution in [2.24, 2.45) is 0 Å². The molecule has 0 aliphatic carbocycles. The summed E-state index contributed by atoms with van der Waals surface area (Å²) in [7, 11) is 1.62. The second kappa shape index (κ2) is 6.76. The Kier molecular flexibility index (Phi) is 5.03. The van der Waals surface area contributed by atoms with Gasteiger partial charge in [-0.1, -0.05) is 23.4 Å². The first-order chi connectivity index (χ1) is 9.65. The zero-order chi connectivity index (χ0) is 14.5. The van der Waals surface area contributed by atoms with Gasteiger partial charge in [-0.3, -0.25) is 4.79 Å². The summed E-state index contributed by atoms with van der Waals surface area (Å²) in [5, 5.41) is 12.4. The highest BCUT2D eigenvalue weighted by Crippen LogP contribution is 2.24. The van der Waals surface area contributed by atoms with E-state index in [-0.39, 0.29) is 5.91 Å². The number of nitrogens with one attached hydrogen (secondary N) is 1. The lowest BCUT2D eigenvalue weighted by atomic mass is 10.2. The predicted octanol–water partition coefficient (Wildman–Crippen LogP) is 2.46. The molecule has 2 aromatic rings. The van der Waals surface area contributed by atoms with E-state index < -0.39 is 0 Å². The van der Waals surface area contributed by atoms with Crippen molar-refractivity contribution in [1.29, 1.82) is 0 Å². The van der Waals surface area contributed by atoms with Crippen molar-refractivity contribution < 1.29 is 4.79 Å². The first-order valence-electron chi connectivity index (χ1n) is 6.18. The third-order valence-corrected chi connectivity index (χ3v) is 3.97. The Morgan fingerprint density at radius 1 is 1.35 bits per heavy atom. The molecule has 7 heteroatoms. The first-order valence-corrected chi connectivity index (χ1v) is 7.54. The van der Waals surface area contributed by atoms with Crippen LogP contribution in [0.5, 0.6) is 0 Å². The Morgan fingerprint density at radius 2 is 2.05 bits per heavy atom. The van der Waals surface area contributed by atoms with E-state index in [4.69, 9.17) is 11.6 Å². The maximum atomic E-state index is 11.3. The Hall–Kier alpha value is -1.53. The highest BCUT2D eigenvalue weighted by atomic mass is 35.5. The quantitative estimate of drug-likeness (QED) is 0.862. The number of thioether (sulfide) groups is 1. The van der Waals surface area contributed by atoms with Crippen molar-refractivity contribution >= 4 is 29.3 Å². The molecule has 1 heterocycles. The van der Waals surface area contributed by atoms with Crippen LogP contribution in [0.1, 0.15) is 6.92 Å². The van der Waals surface area contributed by atoms with Crippen molar-refractivity contribution in [3.8, 4) is 11.4 Å². The lowest BCUT2D eigenvalue weighted by Gasteiger charge is -2.07. The third-order valence-electron chi connectivity index (χ3n) is 2.75. The number of halogens is 1. The van der Waals surface area contributed by atoms with Gasteiger partial charge < -0.3 is 9.88 Å². The number of amides is 1. The molecule has 0 aliphatic rings. The van der Waals surface area contributed by atoms with Crippen LogP contribution in [0.15, 0.2) is 29.4 Å². The van der Waals surface area contributed by atoms with Gasteiger partial charge in [-0.15, -0.1) is 10.2 Å². The van der Waals surface area contributed by atoms with Gasteiger partial charge in [-0.05, 0) is 31.2 Å². The van der Waals surface area contributed by atoms with Gasteiger partial charge >= 0.3 is 0 Å². The Labute approximate surface area is 126 Å². The lowest BCUT2D eigenvalue weighted by Crippen LogP contribution is -2.20. The average molecular weight is 311 g/mol. The summed E-state index contributed by atoms with van der Waals surface area (Å²) < 4.78 is 1.98. The van der Waals surface area contributed by atoms with Crippen LogP contribution in [0.25, 0.3) is 11.4 Å². The van der Waals surface area contributed by atoms with Crippen LogP contribution < -0.4 is 5.32 Å². The molecule has 0 atom stereocenters. The SMILES string of the molecule is CCn1c(SCC(=O)NC)nnc1-c1ccc(Cl)cc1. The van der Waals surface area contributed by atoms with Crippen LogP contribution in [0.2, 0.25) is 5.02 Å². The minimum absolute atomic E-state index is 0.0336. The molecule has 0 spiro atoms. The van der Waals surface area contributed by atoms with E-state index >= 15 is 0 Å². The molecular weight excluding hydrogens is 296 g/mol. The summed E-state index contributed by atoms with van der Waals surface area (Å²) in [5.41, 5.74) is 0.954. The second-order valence-electron chi connectivity index (χ2n) is 4.02. The predicted molar refractivity (Wildman–Crippen MR) is 80.9 cm³/mol. The number of aromatic nitrogens is 3. The Balaban J connectivity index is 2.25. The van der Waals surface area contributed by atoms with Crippen molar-refractivity contribution in [3.05, 3.63) is 29.3 Å². The standard InChI is InChI=1S/C13H15ClN4OS/c1-3-18-12(9-4-6-10(14)7-5-9)16-17-13(18)20-8-11(19)15-2/h4-7H,3,8H2,1-2H3,(H,15,19). The van der Waals surface area contributed by atoms with Crippen molar-refractivity contribution in [2.45, 2.75) is 18.6 Å². The van der Waals surface area contributed by atoms with Crippen molar-refractivity contribution in [1.82, 2.24) is 20.1 Å². The van der Waals surface area contributed by atoms with E-state index in [1.54, 1.807) is 7.05 Å². The fourth-order valence-electron chi connectivity index (χ4n) is 1.70. The van der Waals surface area contributed by atoms with Crippen LogP contribution in [-0.2, 0) is 11.3 Å². The monoisotopic (exact) mass is 310 g/mol. The summed E-state index contributed by atoms with van der Waals surface area (Å²) >= 11 is 7.26. The summed E-state index contributed by atoms with van der Waals surface area (Å²) in [5.74, 6) is 1.08. The maximum Gasteiger partial charge on any atom is 0.230 e. The number of hydrogen-bond donors (Lipinski definition) is 1. The topological polar surface area (TPSA) is 59.8 Å². The molecule has 106 valence electrons. The average Bonchev–Trinajstić information content (AvgIpc) is 2.88. The van der Waals surface area contributed by atoms with Gasteiger partial charge in [-0.25, -0.2) is 0 Å². The van der Waals surface area contributed by atoms with Gasteiger partial charge in [0.05, 0.1) is 5.75 Å². The fraction of sp³-hybridized carbons (Fsp3) is 0.308. The van der Waals surface area contributed by atoms with E-state index in [0.717, 1.165) is 23.1 Å². The highest BCUT2D eigenvalue weighted by Gasteiger charge is 2.14. The summed E-state index contributed by atoms with van der Waals surface area (Å²) in [4.78, 5) is 11.3. The molecule has 20 heavy (non-hydrogen) atoms. The second-order valence-corrected chi connectivity index (χ2v) is 5.40. The normalized spacial score (nSPS) is 10.6. The molecule has 0 unspecified atom stereocenters. The molecule has 0 saturated carbocycles. The van der Waals surface area contributed by atoms with Gasteiger partial charge in [0, 0.05) is 24.2 Å². The molecule has 2 rings (SSSR count). The largest absolute Gasteiger partial charge is 0.358 e. The Bertz CT molecular complexity index is 597. The minimum Gasteiger partial charge on any atom is -0.358 e. The lowest BCUT2D eigenvalue weighted by molar-refractivity contribution is -0.118. The number of rotatable bonds is 5. The summed E-state index contributed by atoms with van der Waals surface area (Å²) in [6.07, 6.45) is 0. The van der Waals surface area contributed by atoms with Crippen LogP contribution in [-0.4, -0.2) is 33.5 Å². The van der Waals surface area contributed by atoms with E-state index in [9.17, 15) is 4.79 Å². The minimum atomic E-state index is -0.0336. The van der Waals surface area contributed by atoms with Crippen molar-refractivity contribution in [2.75, 3.05) is 12.8 Å². The van der Waals surface area contributed by atoms with Crippen LogP contribution in [0, 0.1) is 0 Å². The number of benzene rings is 1. The third kappa shape index (κ3) is 3.32. The summed E-state index contributed by atoms with van der Waals surface area (Å²) in [6.45, 7) is 2.76. The number of hydrogen-bond acceptors (Lipinski definition) is 4. The van der Waals surface area contributed by atoms with E-state index in [1.807, 2.05) is 35.8 Å². The molecular formula is C13H15ClN4OS. The van der Waals surface area contributed by atoms with Crippen molar-refractivity contribution in [3.63, 3.8) is 0 Å². The molecule has 1 aromatic heterocycles. The first kappa shape index (κ1) is 14.9. The van der Waals surface area contributed by atoms with Gasteiger partial charge in [0.1, 0.15) is 0 Å². The zero-order valence-corrected chi connectivity index (χ0v) is 12.8. The maximum absolute atomic E-state index is 11.3. The number of carbonyl (C=O) groups excluding carboxylic acids is 1. The van der Waals surface area contributed by atoms with E-state index in [0.29, 0.717) is 10.8 Å². The molecule has 1 amide bonds. The number of carbonyl (C=O) groups is 1. The molecule has 0 bridgehead atoms. The molecule has 1 N–H and O–H groups in total. The van der Waals surface area contributed by atoms with Gasteiger partial charge in [0.25, 0.3) is 0 Å². The number of nitrogens with zero attached hydrogens (tertiary/aromatic N) is 3. The van der Waals surface area contributed by atoms with Crippen LogP contribution in [0.4, 0.5) is 0 Å². The van der Waals surface area contributed by atoms with Gasteiger partial charge in [0.2, 0.25) is 5.91 Å². The van der Waals surface area contributed by atoms with E-state index in [1.165, 1.54) is 11.8 Å². The zero-order valence-electron chi connectivity index (χ0n) is 11.3. The smallest absolute Gasteiger partial charge is 0.230 e. The fourth-order valence-corrected chi connectivity index (χ4v) is 2.70. The van der Waals surface area contributed by atoms with Gasteiger partial charge in [0.15, 0.2) is 11.0 Å². The molecule has 1 aromatic carbocycles. The highest BCUT2D eigenvalue weighted by molar-refractivity contribution is 7.99. The Morgan fingerprint density at radius 3 is 2.65 bits per heavy atom. The molecule has 0 aliphatic heterocycles. The molecule has 5 nitrogen and oxygen atoms in total. The summed E-state index contributed by atoms with van der Waals surface area (Å²) in [6, 6.07) is 7.46. The molecule has 0 radical (unpaired) electrons.